The van der Waals surface area contributed by atoms with E-state index < -0.39 is 6.67 Å². The van der Waals surface area contributed by atoms with E-state index in [4.69, 9.17) is 11.2 Å². The van der Waals surface area contributed by atoms with Gasteiger partial charge in [0.25, 0.3) is 0 Å². The van der Waals surface area contributed by atoms with Gasteiger partial charge in [0.2, 0.25) is 0 Å². The first-order valence-electron chi connectivity index (χ1n) is 8.70. The number of hydrogen-bond acceptors (Lipinski definition) is 6. The Morgan fingerprint density at radius 1 is 1.41 bits per heavy atom. The lowest BCUT2D eigenvalue weighted by Gasteiger charge is -2.07. The fraction of sp³-hybridized carbons (Fsp3) is 0.182. The average Bonchev–Trinajstić information content (AvgIpc) is 3.09. The summed E-state index contributed by atoms with van der Waals surface area (Å²) in [5.41, 5.74) is 3.24. The maximum absolute atomic E-state index is 12.5. The molecule has 0 aliphatic rings. The molecule has 3 rings (SSSR count). The second kappa shape index (κ2) is 10.8. The van der Waals surface area contributed by atoms with Gasteiger partial charge < -0.3 is 15.4 Å². The molecule has 150 valence electrons. The SMILES string of the molecule is C#CCNc1ccnc2sc(C=O)c(C)c12.C=CNc1ccc(OC)c(CF)c1. The Morgan fingerprint density at radius 3 is 2.83 bits per heavy atom. The summed E-state index contributed by atoms with van der Waals surface area (Å²) >= 11 is 1.40. The number of fused-ring (bicyclic) bond motifs is 1. The Balaban J connectivity index is 0.000000212. The van der Waals surface area contributed by atoms with Crippen LogP contribution in [0.4, 0.5) is 15.8 Å². The molecule has 29 heavy (non-hydrogen) atoms. The van der Waals surface area contributed by atoms with Crippen molar-refractivity contribution in [3.8, 4) is 18.1 Å². The monoisotopic (exact) mass is 411 g/mol. The molecule has 2 aromatic heterocycles. The van der Waals surface area contributed by atoms with Crippen molar-refractivity contribution in [2.75, 3.05) is 24.3 Å². The highest BCUT2D eigenvalue weighted by molar-refractivity contribution is 7.20. The molecule has 0 atom stereocenters. The zero-order valence-electron chi connectivity index (χ0n) is 16.3. The fourth-order valence-corrected chi connectivity index (χ4v) is 3.67. The van der Waals surface area contributed by atoms with Crippen LogP contribution in [0.3, 0.4) is 0 Å². The summed E-state index contributed by atoms with van der Waals surface area (Å²) in [6, 6.07) is 7.09. The van der Waals surface area contributed by atoms with Crippen molar-refractivity contribution in [1.82, 2.24) is 4.98 Å². The standard InChI is InChI=1S/C12H10N2OS.C10H12FNO/c1-3-5-13-9-4-6-14-12-11(9)8(2)10(7-15)16-12;1-3-12-9-4-5-10(13-2)8(6-9)7-11/h1,4,6-7H,5H2,2H3,(H,13,14);3-6,12H,1,7H2,2H3. The first-order chi connectivity index (χ1) is 14.1. The molecule has 7 heteroatoms. The van der Waals surface area contributed by atoms with Crippen molar-refractivity contribution in [2.45, 2.75) is 13.6 Å². The van der Waals surface area contributed by atoms with Crippen molar-refractivity contribution < 1.29 is 13.9 Å². The number of aryl methyl sites for hydroxylation is 1. The van der Waals surface area contributed by atoms with Gasteiger partial charge in [-0.3, -0.25) is 4.79 Å². The van der Waals surface area contributed by atoms with Gasteiger partial charge in [-0.15, -0.1) is 17.8 Å². The van der Waals surface area contributed by atoms with Gasteiger partial charge in [0, 0.05) is 28.5 Å². The molecule has 0 spiro atoms. The summed E-state index contributed by atoms with van der Waals surface area (Å²) in [5.74, 6) is 3.09. The lowest BCUT2D eigenvalue weighted by molar-refractivity contribution is 0.112. The first-order valence-corrected chi connectivity index (χ1v) is 9.52. The summed E-state index contributed by atoms with van der Waals surface area (Å²) < 4.78 is 17.4. The summed E-state index contributed by atoms with van der Waals surface area (Å²) in [6.45, 7) is 5.37. The van der Waals surface area contributed by atoms with Gasteiger partial charge in [-0.25, -0.2) is 9.37 Å². The molecule has 0 fully saturated rings. The Hall–Kier alpha value is -3.37. The minimum absolute atomic E-state index is 0.463. The van der Waals surface area contributed by atoms with E-state index >= 15 is 0 Å². The molecule has 3 aromatic rings. The number of terminal acetylenes is 1. The number of aldehydes is 1. The third-order valence-electron chi connectivity index (χ3n) is 4.05. The van der Waals surface area contributed by atoms with Gasteiger partial charge in [0.05, 0.1) is 18.5 Å². The second-order valence-electron chi connectivity index (χ2n) is 5.81. The van der Waals surface area contributed by atoms with Crippen LogP contribution >= 0.6 is 11.3 Å². The normalized spacial score (nSPS) is 9.72. The molecular weight excluding hydrogens is 389 g/mol. The number of alkyl halides is 1. The number of halogens is 1. The van der Waals surface area contributed by atoms with Gasteiger partial charge in [0.1, 0.15) is 17.3 Å². The summed E-state index contributed by atoms with van der Waals surface area (Å²) in [4.78, 5) is 16.7. The largest absolute Gasteiger partial charge is 0.496 e. The fourth-order valence-electron chi connectivity index (χ4n) is 2.68. The Kier molecular flexibility index (Phi) is 8.19. The van der Waals surface area contributed by atoms with Gasteiger partial charge >= 0.3 is 0 Å². The smallest absolute Gasteiger partial charge is 0.160 e. The number of nitrogens with one attached hydrogen (secondary N) is 2. The number of methoxy groups -OCH3 is 1. The number of ether oxygens (including phenoxy) is 1. The molecule has 2 heterocycles. The van der Waals surface area contributed by atoms with Crippen LogP contribution < -0.4 is 15.4 Å². The highest BCUT2D eigenvalue weighted by Crippen LogP contribution is 2.33. The zero-order valence-corrected chi connectivity index (χ0v) is 17.1. The molecule has 0 saturated carbocycles. The van der Waals surface area contributed by atoms with Gasteiger partial charge in [0.15, 0.2) is 6.29 Å². The molecule has 0 saturated heterocycles. The number of carbonyl (C=O) groups excluding carboxylic acids is 1. The van der Waals surface area contributed by atoms with Crippen LogP contribution in [0.15, 0.2) is 43.2 Å². The molecule has 5 nitrogen and oxygen atoms in total. The summed E-state index contributed by atoms with van der Waals surface area (Å²) in [6.07, 6.45) is 9.34. The number of benzene rings is 1. The maximum atomic E-state index is 12.5. The number of rotatable bonds is 7. The Labute approximate surface area is 173 Å². The van der Waals surface area contributed by atoms with E-state index in [2.05, 4.69) is 28.1 Å². The third-order valence-corrected chi connectivity index (χ3v) is 5.17. The first kappa shape index (κ1) is 21.9. The number of nitrogens with zero attached hydrogens (tertiary/aromatic N) is 1. The second-order valence-corrected chi connectivity index (χ2v) is 6.84. The topological polar surface area (TPSA) is 63.2 Å². The van der Waals surface area contributed by atoms with E-state index in [0.717, 1.165) is 38.3 Å². The number of anilines is 2. The predicted octanol–water partition coefficient (Wildman–Crippen LogP) is 5.18. The zero-order chi connectivity index (χ0) is 21.2. The number of pyridine rings is 1. The van der Waals surface area contributed by atoms with Gasteiger partial charge in [-0.05, 0) is 43.0 Å². The molecule has 0 aliphatic heterocycles. The minimum Gasteiger partial charge on any atom is -0.496 e. The summed E-state index contributed by atoms with van der Waals surface area (Å²) in [7, 11) is 1.52. The van der Waals surface area contributed by atoms with E-state index in [-0.39, 0.29) is 0 Å². The Bertz CT molecular complexity index is 1040. The van der Waals surface area contributed by atoms with Crippen LogP contribution in [0, 0.1) is 19.3 Å². The van der Waals surface area contributed by atoms with E-state index in [1.54, 1.807) is 30.6 Å². The highest BCUT2D eigenvalue weighted by Gasteiger charge is 2.11. The molecule has 1 aromatic carbocycles. The molecular formula is C22H22FN3O2S. The molecule has 2 N–H and O–H groups in total. The van der Waals surface area contributed by atoms with Crippen LogP contribution in [0.1, 0.15) is 20.8 Å². The van der Waals surface area contributed by atoms with E-state index in [1.807, 2.05) is 13.0 Å². The van der Waals surface area contributed by atoms with Crippen LogP contribution in [0.2, 0.25) is 0 Å². The van der Waals surface area contributed by atoms with Crippen LogP contribution in [-0.2, 0) is 6.67 Å². The third kappa shape index (κ3) is 5.33. The quantitative estimate of drug-likeness (QED) is 0.414. The minimum atomic E-state index is -0.532. The van der Waals surface area contributed by atoms with Crippen LogP contribution in [-0.4, -0.2) is 24.9 Å². The van der Waals surface area contributed by atoms with Crippen LogP contribution in [0.5, 0.6) is 5.75 Å². The number of carbonyl (C=O) groups is 1. The molecule has 0 bridgehead atoms. The van der Waals surface area contributed by atoms with Crippen molar-refractivity contribution in [3.05, 3.63) is 59.2 Å². The molecule has 0 unspecified atom stereocenters. The van der Waals surface area contributed by atoms with E-state index in [1.165, 1.54) is 18.4 Å². The van der Waals surface area contributed by atoms with Crippen molar-refractivity contribution in [3.63, 3.8) is 0 Å². The van der Waals surface area contributed by atoms with Gasteiger partial charge in [-0.2, -0.15) is 0 Å². The van der Waals surface area contributed by atoms with E-state index in [9.17, 15) is 9.18 Å². The lowest BCUT2D eigenvalue weighted by atomic mass is 10.1. The predicted molar refractivity (Wildman–Crippen MR) is 119 cm³/mol. The number of thiophene rings is 1. The molecule has 0 radical (unpaired) electrons. The Morgan fingerprint density at radius 2 is 2.21 bits per heavy atom. The molecule has 0 aliphatic carbocycles. The van der Waals surface area contributed by atoms with E-state index in [0.29, 0.717) is 17.9 Å². The van der Waals surface area contributed by atoms with Crippen molar-refractivity contribution in [1.29, 1.82) is 0 Å². The number of aromatic nitrogens is 1. The van der Waals surface area contributed by atoms with Crippen molar-refractivity contribution in [2.24, 2.45) is 0 Å². The highest BCUT2D eigenvalue weighted by atomic mass is 32.1. The maximum Gasteiger partial charge on any atom is 0.160 e. The lowest BCUT2D eigenvalue weighted by Crippen LogP contribution is -1.99. The van der Waals surface area contributed by atoms with Crippen LogP contribution in [0.25, 0.3) is 10.2 Å². The summed E-state index contributed by atoms with van der Waals surface area (Å²) in [5, 5.41) is 7.00. The number of hydrogen-bond donors (Lipinski definition) is 2. The molecule has 0 amide bonds. The average molecular weight is 412 g/mol. The van der Waals surface area contributed by atoms with Crippen molar-refractivity contribution >= 4 is 39.2 Å². The van der Waals surface area contributed by atoms with Gasteiger partial charge in [-0.1, -0.05) is 12.5 Å².